The zero-order valence-electron chi connectivity index (χ0n) is 13.1. The van der Waals surface area contributed by atoms with Gasteiger partial charge in [-0.1, -0.05) is 11.6 Å². The van der Waals surface area contributed by atoms with Gasteiger partial charge in [0, 0.05) is 28.2 Å². The molecule has 1 amide bonds. The number of carbonyl (C=O) groups is 1. The van der Waals surface area contributed by atoms with Crippen molar-refractivity contribution >= 4 is 45.9 Å². The molecule has 0 fully saturated rings. The fourth-order valence-corrected chi connectivity index (χ4v) is 4.93. The average Bonchev–Trinajstić information content (AvgIpc) is 3.22. The number of anilines is 1. The van der Waals surface area contributed by atoms with Gasteiger partial charge in [0.15, 0.2) is 0 Å². The molecule has 1 aromatic carbocycles. The quantitative estimate of drug-likeness (QED) is 0.599. The molecule has 6 heteroatoms. The molecule has 4 rings (SSSR count). The summed E-state index contributed by atoms with van der Waals surface area (Å²) in [5.41, 5.74) is 3.99. The van der Waals surface area contributed by atoms with Crippen molar-refractivity contribution in [3.63, 3.8) is 0 Å². The second-order valence-electron chi connectivity index (χ2n) is 5.78. The van der Waals surface area contributed by atoms with E-state index in [0.717, 1.165) is 56.8 Å². The van der Waals surface area contributed by atoms with Crippen LogP contribution < -0.4 is 4.90 Å². The van der Waals surface area contributed by atoms with Crippen molar-refractivity contribution in [2.75, 3.05) is 11.4 Å². The predicted molar refractivity (Wildman–Crippen MR) is 102 cm³/mol. The molecule has 0 radical (unpaired) electrons. The number of thiazole rings is 1. The third-order valence-electron chi connectivity index (χ3n) is 4.16. The van der Waals surface area contributed by atoms with Crippen LogP contribution in [0.5, 0.6) is 0 Å². The van der Waals surface area contributed by atoms with Gasteiger partial charge in [0.05, 0.1) is 5.69 Å². The summed E-state index contributed by atoms with van der Waals surface area (Å²) in [6, 6.07) is 7.80. The van der Waals surface area contributed by atoms with Crippen LogP contribution in [0.2, 0.25) is 5.02 Å². The lowest BCUT2D eigenvalue weighted by Gasteiger charge is -2.29. The first-order chi connectivity index (χ1) is 11.6. The Labute approximate surface area is 153 Å². The van der Waals surface area contributed by atoms with E-state index in [1.54, 1.807) is 11.3 Å². The Kier molecular flexibility index (Phi) is 4.16. The predicted octanol–water partition coefficient (Wildman–Crippen LogP) is 5.43. The Bertz CT molecular complexity index is 902. The van der Waals surface area contributed by atoms with Gasteiger partial charge in [-0.2, -0.15) is 11.3 Å². The lowest BCUT2D eigenvalue weighted by molar-refractivity contribution is 0.0988. The van der Waals surface area contributed by atoms with Crippen LogP contribution in [0, 0.1) is 6.92 Å². The summed E-state index contributed by atoms with van der Waals surface area (Å²) in [7, 11) is 0. The number of thiophene rings is 1. The maximum absolute atomic E-state index is 13.1. The van der Waals surface area contributed by atoms with E-state index in [1.165, 1.54) is 11.3 Å². The highest BCUT2D eigenvalue weighted by Gasteiger charge is 2.27. The smallest absolute Gasteiger partial charge is 0.270 e. The van der Waals surface area contributed by atoms with E-state index in [2.05, 4.69) is 10.4 Å². The Hall–Kier alpha value is -1.69. The SMILES string of the molecule is Cc1nc(-c2ccsc2)sc1C(=O)N1CCCc2cc(Cl)ccc21. The van der Waals surface area contributed by atoms with Gasteiger partial charge in [-0.25, -0.2) is 4.98 Å². The molecular weight excluding hydrogens is 360 g/mol. The second kappa shape index (κ2) is 6.31. The molecule has 122 valence electrons. The molecule has 0 bridgehead atoms. The molecule has 3 aromatic rings. The largest absolute Gasteiger partial charge is 0.307 e. The molecule has 0 spiro atoms. The normalized spacial score (nSPS) is 13.8. The summed E-state index contributed by atoms with van der Waals surface area (Å²) in [6.07, 6.45) is 1.91. The van der Waals surface area contributed by atoms with E-state index in [0.29, 0.717) is 0 Å². The Morgan fingerprint density at radius 3 is 3.00 bits per heavy atom. The van der Waals surface area contributed by atoms with Crippen LogP contribution >= 0.6 is 34.3 Å². The highest BCUT2D eigenvalue weighted by atomic mass is 35.5. The molecule has 0 saturated heterocycles. The second-order valence-corrected chi connectivity index (χ2v) is 7.99. The van der Waals surface area contributed by atoms with E-state index < -0.39 is 0 Å². The van der Waals surface area contributed by atoms with E-state index in [4.69, 9.17) is 11.6 Å². The number of amides is 1. The average molecular weight is 375 g/mol. The first-order valence-electron chi connectivity index (χ1n) is 7.74. The van der Waals surface area contributed by atoms with Crippen LogP contribution in [0.1, 0.15) is 27.3 Å². The van der Waals surface area contributed by atoms with Crippen LogP contribution in [0.25, 0.3) is 10.6 Å². The molecule has 0 aliphatic carbocycles. The van der Waals surface area contributed by atoms with Crippen molar-refractivity contribution in [2.24, 2.45) is 0 Å². The number of halogens is 1. The summed E-state index contributed by atoms with van der Waals surface area (Å²) in [5, 5.41) is 5.71. The van der Waals surface area contributed by atoms with Crippen molar-refractivity contribution in [2.45, 2.75) is 19.8 Å². The third-order valence-corrected chi connectivity index (χ3v) is 6.28. The van der Waals surface area contributed by atoms with Gasteiger partial charge < -0.3 is 4.90 Å². The van der Waals surface area contributed by atoms with E-state index >= 15 is 0 Å². The first-order valence-corrected chi connectivity index (χ1v) is 9.87. The zero-order valence-corrected chi connectivity index (χ0v) is 15.5. The summed E-state index contributed by atoms with van der Waals surface area (Å²) >= 11 is 9.21. The van der Waals surface area contributed by atoms with Gasteiger partial charge in [0.2, 0.25) is 0 Å². The Balaban J connectivity index is 1.71. The van der Waals surface area contributed by atoms with E-state index in [9.17, 15) is 4.79 Å². The highest BCUT2D eigenvalue weighted by Crippen LogP contribution is 2.34. The van der Waals surface area contributed by atoms with Gasteiger partial charge in [-0.05, 0) is 55.0 Å². The number of carbonyl (C=O) groups excluding carboxylic acids is 1. The van der Waals surface area contributed by atoms with E-state index in [1.807, 2.05) is 41.5 Å². The van der Waals surface area contributed by atoms with Crippen molar-refractivity contribution in [3.05, 3.63) is 56.2 Å². The van der Waals surface area contributed by atoms with Crippen LogP contribution in [-0.2, 0) is 6.42 Å². The molecule has 3 nitrogen and oxygen atoms in total. The van der Waals surface area contributed by atoms with Crippen molar-refractivity contribution in [1.29, 1.82) is 0 Å². The number of hydrogen-bond donors (Lipinski definition) is 0. The van der Waals surface area contributed by atoms with Crippen LogP contribution in [-0.4, -0.2) is 17.4 Å². The maximum atomic E-state index is 13.1. The zero-order chi connectivity index (χ0) is 16.7. The standard InChI is InChI=1S/C18H15ClN2OS2/c1-11-16(24-17(20-11)13-6-8-23-10-13)18(22)21-7-2-3-12-9-14(19)4-5-15(12)21/h4-6,8-10H,2-3,7H2,1H3. The summed E-state index contributed by atoms with van der Waals surface area (Å²) in [4.78, 5) is 20.3. The van der Waals surface area contributed by atoms with E-state index in [-0.39, 0.29) is 5.91 Å². The number of aryl methyl sites for hydroxylation is 2. The molecule has 3 heterocycles. The minimum atomic E-state index is 0.0368. The number of aromatic nitrogens is 1. The van der Waals surface area contributed by atoms with Gasteiger partial charge >= 0.3 is 0 Å². The third kappa shape index (κ3) is 2.77. The summed E-state index contributed by atoms with van der Waals surface area (Å²) < 4.78 is 0. The molecule has 1 aliphatic rings. The number of rotatable bonds is 2. The number of hydrogen-bond acceptors (Lipinski definition) is 4. The van der Waals surface area contributed by atoms with Crippen molar-refractivity contribution in [1.82, 2.24) is 4.98 Å². The fourth-order valence-electron chi connectivity index (χ4n) is 3.00. The fraction of sp³-hybridized carbons (Fsp3) is 0.222. The van der Waals surface area contributed by atoms with Crippen LogP contribution in [0.3, 0.4) is 0 Å². The molecule has 0 unspecified atom stereocenters. The molecule has 2 aromatic heterocycles. The lowest BCUT2D eigenvalue weighted by atomic mass is 10.0. The maximum Gasteiger partial charge on any atom is 0.270 e. The van der Waals surface area contributed by atoms with Crippen LogP contribution in [0.4, 0.5) is 5.69 Å². The van der Waals surface area contributed by atoms with Gasteiger partial charge in [0.25, 0.3) is 5.91 Å². The van der Waals surface area contributed by atoms with Crippen molar-refractivity contribution in [3.8, 4) is 10.6 Å². The van der Waals surface area contributed by atoms with Gasteiger partial charge in [-0.3, -0.25) is 4.79 Å². The summed E-state index contributed by atoms with van der Waals surface area (Å²) in [5.74, 6) is 0.0368. The van der Waals surface area contributed by atoms with Gasteiger partial charge in [-0.15, -0.1) is 11.3 Å². The Morgan fingerprint density at radius 2 is 2.21 bits per heavy atom. The molecule has 0 atom stereocenters. The monoisotopic (exact) mass is 374 g/mol. The molecule has 1 aliphatic heterocycles. The molecule has 24 heavy (non-hydrogen) atoms. The van der Waals surface area contributed by atoms with Crippen LogP contribution in [0.15, 0.2) is 35.0 Å². The minimum Gasteiger partial charge on any atom is -0.307 e. The number of benzene rings is 1. The summed E-state index contributed by atoms with van der Waals surface area (Å²) in [6.45, 7) is 2.64. The number of fused-ring (bicyclic) bond motifs is 1. The molecule has 0 N–H and O–H groups in total. The molecular formula is C18H15ClN2OS2. The minimum absolute atomic E-state index is 0.0368. The lowest BCUT2D eigenvalue weighted by Crippen LogP contribution is -2.35. The van der Waals surface area contributed by atoms with Crippen molar-refractivity contribution < 1.29 is 4.79 Å². The molecule has 0 saturated carbocycles. The Morgan fingerprint density at radius 1 is 1.33 bits per heavy atom. The van der Waals surface area contributed by atoms with Gasteiger partial charge in [0.1, 0.15) is 9.88 Å². The number of nitrogens with zero attached hydrogens (tertiary/aromatic N) is 2. The topological polar surface area (TPSA) is 33.2 Å². The highest BCUT2D eigenvalue weighted by molar-refractivity contribution is 7.17. The first kappa shape index (κ1) is 15.8.